The minimum Gasteiger partial charge on any atom is -0.378 e. The normalized spacial score (nSPS) is 30.9. The molecule has 1 aliphatic heterocycles. The molecule has 0 amide bonds. The largest absolute Gasteiger partial charge is 0.378 e. The first-order valence-corrected chi connectivity index (χ1v) is 5.77. The van der Waals surface area contributed by atoms with Crippen LogP contribution in [0.3, 0.4) is 0 Å². The van der Waals surface area contributed by atoms with Gasteiger partial charge in [-0.15, -0.1) is 0 Å². The molecule has 2 nitrogen and oxygen atoms in total. The van der Waals surface area contributed by atoms with Gasteiger partial charge in [0, 0.05) is 6.54 Å². The molecular weight excluding hydrogens is 162 g/mol. The van der Waals surface area contributed by atoms with Gasteiger partial charge < -0.3 is 10.1 Å². The van der Waals surface area contributed by atoms with Crippen molar-refractivity contribution in [2.45, 2.75) is 44.6 Å². The van der Waals surface area contributed by atoms with E-state index in [0.29, 0.717) is 6.10 Å². The van der Waals surface area contributed by atoms with Gasteiger partial charge in [0.2, 0.25) is 0 Å². The van der Waals surface area contributed by atoms with E-state index in [-0.39, 0.29) is 0 Å². The predicted molar refractivity (Wildman–Crippen MR) is 53.8 cm³/mol. The van der Waals surface area contributed by atoms with Crippen LogP contribution in [0, 0.1) is 5.92 Å². The van der Waals surface area contributed by atoms with Crippen molar-refractivity contribution in [1.29, 1.82) is 0 Å². The molecule has 1 aliphatic carbocycles. The van der Waals surface area contributed by atoms with E-state index in [0.717, 1.165) is 12.5 Å². The van der Waals surface area contributed by atoms with E-state index in [1.54, 1.807) is 0 Å². The quantitative estimate of drug-likeness (QED) is 0.722. The molecule has 2 fully saturated rings. The fourth-order valence-corrected chi connectivity index (χ4v) is 2.39. The van der Waals surface area contributed by atoms with E-state index >= 15 is 0 Å². The summed E-state index contributed by atoms with van der Waals surface area (Å²) in [7, 11) is 0. The second-order valence-corrected chi connectivity index (χ2v) is 4.45. The van der Waals surface area contributed by atoms with Crippen molar-refractivity contribution in [3.8, 4) is 0 Å². The Labute approximate surface area is 81.0 Å². The maximum atomic E-state index is 5.90. The molecule has 1 heterocycles. The summed E-state index contributed by atoms with van der Waals surface area (Å²) in [6, 6.07) is 0. The van der Waals surface area contributed by atoms with Crippen molar-refractivity contribution >= 4 is 0 Å². The van der Waals surface area contributed by atoms with Gasteiger partial charge in [-0.05, 0) is 38.1 Å². The molecule has 0 aromatic carbocycles. The van der Waals surface area contributed by atoms with Crippen LogP contribution in [-0.2, 0) is 4.74 Å². The minimum absolute atomic E-state index is 0.599. The summed E-state index contributed by atoms with van der Waals surface area (Å²) in [5.41, 5.74) is 0. The third kappa shape index (κ3) is 2.96. The zero-order valence-corrected chi connectivity index (χ0v) is 8.43. The number of ether oxygens (including phenoxy) is 1. The van der Waals surface area contributed by atoms with E-state index in [2.05, 4.69) is 5.32 Å². The average Bonchev–Trinajstić information content (AvgIpc) is 2.69. The Bertz CT molecular complexity index is 137. The lowest BCUT2D eigenvalue weighted by Gasteiger charge is -2.24. The monoisotopic (exact) mass is 183 g/mol. The second-order valence-electron chi connectivity index (χ2n) is 4.45. The van der Waals surface area contributed by atoms with Gasteiger partial charge in [0.05, 0.1) is 12.7 Å². The molecule has 1 atom stereocenters. The number of piperidine rings is 1. The maximum absolute atomic E-state index is 5.90. The first-order chi connectivity index (χ1) is 6.45. The van der Waals surface area contributed by atoms with Gasteiger partial charge in [-0.3, -0.25) is 0 Å². The molecule has 2 rings (SSSR count). The van der Waals surface area contributed by atoms with Gasteiger partial charge in [0.25, 0.3) is 0 Å². The average molecular weight is 183 g/mol. The Balaban J connectivity index is 1.60. The molecule has 2 aliphatic rings. The highest BCUT2D eigenvalue weighted by atomic mass is 16.5. The zero-order valence-electron chi connectivity index (χ0n) is 8.43. The lowest BCUT2D eigenvalue weighted by Crippen LogP contribution is -2.33. The van der Waals surface area contributed by atoms with Crippen LogP contribution in [0.2, 0.25) is 0 Å². The van der Waals surface area contributed by atoms with Gasteiger partial charge >= 0.3 is 0 Å². The fraction of sp³-hybridized carbons (Fsp3) is 1.00. The lowest BCUT2D eigenvalue weighted by molar-refractivity contribution is 0.0281. The van der Waals surface area contributed by atoms with Crippen LogP contribution >= 0.6 is 0 Å². The summed E-state index contributed by atoms with van der Waals surface area (Å²) in [5, 5.41) is 3.43. The summed E-state index contributed by atoms with van der Waals surface area (Å²) in [6.07, 6.45) is 8.67. The molecule has 0 bridgehead atoms. The molecule has 1 N–H and O–H groups in total. The molecule has 0 spiro atoms. The van der Waals surface area contributed by atoms with Crippen molar-refractivity contribution in [2.75, 3.05) is 19.7 Å². The minimum atomic E-state index is 0.599. The molecule has 1 saturated heterocycles. The fourth-order valence-electron chi connectivity index (χ4n) is 2.39. The maximum Gasteiger partial charge on any atom is 0.0575 e. The molecule has 1 unspecified atom stereocenters. The van der Waals surface area contributed by atoms with Crippen molar-refractivity contribution in [1.82, 2.24) is 5.32 Å². The Morgan fingerprint density at radius 3 is 2.62 bits per heavy atom. The number of hydrogen-bond donors (Lipinski definition) is 1. The van der Waals surface area contributed by atoms with E-state index in [4.69, 9.17) is 4.74 Å². The van der Waals surface area contributed by atoms with E-state index in [9.17, 15) is 0 Å². The molecule has 1 saturated carbocycles. The Morgan fingerprint density at radius 1 is 1.08 bits per heavy atom. The Kier molecular flexibility index (Phi) is 3.62. The third-order valence-corrected chi connectivity index (χ3v) is 3.27. The molecular formula is C11H21NO. The van der Waals surface area contributed by atoms with Crippen molar-refractivity contribution < 1.29 is 4.74 Å². The van der Waals surface area contributed by atoms with Gasteiger partial charge in [0.15, 0.2) is 0 Å². The van der Waals surface area contributed by atoms with Gasteiger partial charge in [-0.1, -0.05) is 12.8 Å². The third-order valence-electron chi connectivity index (χ3n) is 3.27. The van der Waals surface area contributed by atoms with Gasteiger partial charge in [-0.2, -0.15) is 0 Å². The van der Waals surface area contributed by atoms with Crippen LogP contribution in [0.4, 0.5) is 0 Å². The van der Waals surface area contributed by atoms with Crippen molar-refractivity contribution in [3.05, 3.63) is 0 Å². The lowest BCUT2D eigenvalue weighted by atomic mass is 10.0. The first kappa shape index (κ1) is 9.47. The highest BCUT2D eigenvalue weighted by Gasteiger charge is 2.18. The summed E-state index contributed by atoms with van der Waals surface area (Å²) in [5.74, 6) is 0.786. The SMILES string of the molecule is C1CNCC(COC2CCCC2)C1. The molecule has 13 heavy (non-hydrogen) atoms. The number of rotatable bonds is 3. The van der Waals surface area contributed by atoms with Crippen LogP contribution < -0.4 is 5.32 Å². The van der Waals surface area contributed by atoms with Crippen LogP contribution in [-0.4, -0.2) is 25.8 Å². The highest BCUT2D eigenvalue weighted by molar-refractivity contribution is 4.71. The van der Waals surface area contributed by atoms with Gasteiger partial charge in [-0.25, -0.2) is 0 Å². The molecule has 76 valence electrons. The molecule has 0 radical (unpaired) electrons. The predicted octanol–water partition coefficient (Wildman–Crippen LogP) is 1.95. The van der Waals surface area contributed by atoms with E-state index in [1.165, 1.54) is 51.6 Å². The summed E-state index contributed by atoms with van der Waals surface area (Å²) in [6.45, 7) is 3.38. The Hall–Kier alpha value is -0.0800. The molecule has 0 aromatic rings. The number of hydrogen-bond acceptors (Lipinski definition) is 2. The van der Waals surface area contributed by atoms with E-state index in [1.807, 2.05) is 0 Å². The Morgan fingerprint density at radius 2 is 1.92 bits per heavy atom. The van der Waals surface area contributed by atoms with Crippen LogP contribution in [0.25, 0.3) is 0 Å². The smallest absolute Gasteiger partial charge is 0.0575 e. The zero-order chi connectivity index (χ0) is 8.93. The van der Waals surface area contributed by atoms with Crippen LogP contribution in [0.15, 0.2) is 0 Å². The standard InChI is InChI=1S/C11H21NO/c1-2-6-11(5-1)13-9-10-4-3-7-12-8-10/h10-12H,1-9H2. The van der Waals surface area contributed by atoms with Gasteiger partial charge in [0.1, 0.15) is 0 Å². The highest BCUT2D eigenvalue weighted by Crippen LogP contribution is 2.22. The summed E-state index contributed by atoms with van der Waals surface area (Å²) >= 11 is 0. The summed E-state index contributed by atoms with van der Waals surface area (Å²) in [4.78, 5) is 0. The van der Waals surface area contributed by atoms with Crippen LogP contribution in [0.1, 0.15) is 38.5 Å². The van der Waals surface area contributed by atoms with Crippen molar-refractivity contribution in [3.63, 3.8) is 0 Å². The molecule has 2 heteroatoms. The van der Waals surface area contributed by atoms with Crippen molar-refractivity contribution in [2.24, 2.45) is 5.92 Å². The van der Waals surface area contributed by atoms with E-state index < -0.39 is 0 Å². The first-order valence-electron chi connectivity index (χ1n) is 5.77. The topological polar surface area (TPSA) is 21.3 Å². The number of nitrogens with one attached hydrogen (secondary N) is 1. The molecule has 0 aromatic heterocycles. The summed E-state index contributed by atoms with van der Waals surface area (Å²) < 4.78 is 5.90. The van der Waals surface area contributed by atoms with Crippen LogP contribution in [0.5, 0.6) is 0 Å². The second kappa shape index (κ2) is 4.97.